The summed E-state index contributed by atoms with van der Waals surface area (Å²) in [5, 5.41) is 9.89. The summed E-state index contributed by atoms with van der Waals surface area (Å²) in [7, 11) is 0. The number of hydrogen-bond acceptors (Lipinski definition) is 3. The van der Waals surface area contributed by atoms with E-state index in [-0.39, 0.29) is 24.9 Å². The van der Waals surface area contributed by atoms with Gasteiger partial charge in [0.2, 0.25) is 0 Å². The summed E-state index contributed by atoms with van der Waals surface area (Å²) >= 11 is 5.97. The first-order valence-corrected chi connectivity index (χ1v) is 8.44. The van der Waals surface area contributed by atoms with E-state index in [4.69, 9.17) is 16.3 Å². The summed E-state index contributed by atoms with van der Waals surface area (Å²) in [4.78, 5) is 12.1. The van der Waals surface area contributed by atoms with Crippen molar-refractivity contribution < 1.29 is 13.9 Å². The lowest BCUT2D eigenvalue weighted by Crippen LogP contribution is -2.24. The molecule has 0 saturated carbocycles. The first-order chi connectivity index (χ1) is 13.1. The number of halogens is 2. The van der Waals surface area contributed by atoms with Gasteiger partial charge in [-0.15, -0.1) is 0 Å². The van der Waals surface area contributed by atoms with Gasteiger partial charge in [-0.05, 0) is 42.5 Å². The van der Waals surface area contributed by atoms with E-state index in [0.29, 0.717) is 27.7 Å². The Kier molecular flexibility index (Phi) is 6.08. The maximum Gasteiger partial charge on any atom is 0.270 e. The highest BCUT2D eigenvalue weighted by molar-refractivity contribution is 6.32. The maximum absolute atomic E-state index is 13.0. The van der Waals surface area contributed by atoms with Gasteiger partial charge in [0.15, 0.2) is 0 Å². The fourth-order valence-electron chi connectivity index (χ4n) is 2.22. The number of carbonyl (C=O) groups is 1. The monoisotopic (exact) mass is 383 g/mol. The van der Waals surface area contributed by atoms with E-state index in [9.17, 15) is 9.18 Å². The van der Waals surface area contributed by atoms with Gasteiger partial charge in [0.1, 0.15) is 23.9 Å². The first-order valence-electron chi connectivity index (χ1n) is 8.06. The molecule has 0 fully saturated rings. The standard InChI is InChI=1S/C20H15ClFN3O2/c21-16-5-1-2-6-19(16)27-12-4-3-11-23-20(26)18-13-17(24-25-18)14-7-9-15(22)10-8-14/h1-2,5-10,13H,11-12H2,(H,23,26)(H,24,25). The van der Waals surface area contributed by atoms with Crippen LogP contribution in [0.25, 0.3) is 11.3 Å². The van der Waals surface area contributed by atoms with Crippen molar-refractivity contribution in [1.82, 2.24) is 15.5 Å². The Morgan fingerprint density at radius 1 is 1.19 bits per heavy atom. The van der Waals surface area contributed by atoms with Crippen LogP contribution < -0.4 is 10.1 Å². The van der Waals surface area contributed by atoms with Crippen LogP contribution in [0.3, 0.4) is 0 Å². The van der Waals surface area contributed by atoms with Gasteiger partial charge in [-0.2, -0.15) is 5.10 Å². The number of nitrogens with zero attached hydrogens (tertiary/aromatic N) is 1. The summed E-state index contributed by atoms with van der Waals surface area (Å²) in [6, 6.07) is 14.6. The Morgan fingerprint density at radius 3 is 2.74 bits per heavy atom. The molecule has 2 aromatic carbocycles. The number of rotatable bonds is 5. The number of ether oxygens (including phenoxy) is 1. The molecule has 0 aliphatic carbocycles. The second-order valence-electron chi connectivity index (χ2n) is 5.43. The Balaban J connectivity index is 1.48. The van der Waals surface area contributed by atoms with Crippen LogP contribution in [0.5, 0.6) is 5.75 Å². The first kappa shape index (κ1) is 18.5. The summed E-state index contributed by atoms with van der Waals surface area (Å²) < 4.78 is 18.4. The van der Waals surface area contributed by atoms with E-state index >= 15 is 0 Å². The Hall–Kier alpha value is -3.30. The molecule has 0 spiro atoms. The van der Waals surface area contributed by atoms with Crippen molar-refractivity contribution in [3.8, 4) is 28.8 Å². The number of nitrogens with one attached hydrogen (secondary N) is 2. The lowest BCUT2D eigenvalue weighted by atomic mass is 10.1. The van der Waals surface area contributed by atoms with Crippen LogP contribution in [0.4, 0.5) is 4.39 Å². The van der Waals surface area contributed by atoms with Crippen LogP contribution in [-0.2, 0) is 0 Å². The van der Waals surface area contributed by atoms with Crippen LogP contribution in [-0.4, -0.2) is 29.3 Å². The predicted octanol–water partition coefficient (Wildman–Crippen LogP) is 3.68. The minimum atomic E-state index is -0.336. The van der Waals surface area contributed by atoms with Crippen LogP contribution in [0, 0.1) is 17.7 Å². The fraction of sp³-hybridized carbons (Fsp3) is 0.100. The van der Waals surface area contributed by atoms with E-state index < -0.39 is 0 Å². The van der Waals surface area contributed by atoms with Crippen LogP contribution in [0.1, 0.15) is 10.5 Å². The molecule has 1 heterocycles. The molecule has 0 unspecified atom stereocenters. The second kappa shape index (κ2) is 8.88. The zero-order valence-electron chi connectivity index (χ0n) is 14.1. The predicted molar refractivity (Wildman–Crippen MR) is 101 cm³/mol. The Morgan fingerprint density at radius 2 is 1.96 bits per heavy atom. The Bertz CT molecular complexity index is 990. The quantitative estimate of drug-likeness (QED) is 0.660. The summed E-state index contributed by atoms with van der Waals surface area (Å²) in [6.45, 7) is 0.327. The van der Waals surface area contributed by atoms with Gasteiger partial charge < -0.3 is 10.1 Å². The third kappa shape index (κ3) is 5.09. The van der Waals surface area contributed by atoms with E-state index in [1.807, 2.05) is 12.1 Å². The average molecular weight is 384 g/mol. The normalized spacial score (nSPS) is 10.0. The third-order valence-corrected chi connectivity index (χ3v) is 3.87. The van der Waals surface area contributed by atoms with Crippen molar-refractivity contribution >= 4 is 17.5 Å². The van der Waals surface area contributed by atoms with E-state index in [1.165, 1.54) is 12.1 Å². The summed E-state index contributed by atoms with van der Waals surface area (Å²) in [6.07, 6.45) is 0. The molecule has 7 heteroatoms. The highest BCUT2D eigenvalue weighted by Gasteiger charge is 2.10. The number of aromatic nitrogens is 2. The topological polar surface area (TPSA) is 67.0 Å². The molecular formula is C20H15ClFN3O2. The summed E-state index contributed by atoms with van der Waals surface area (Å²) in [5.74, 6) is 5.49. The zero-order valence-corrected chi connectivity index (χ0v) is 14.9. The van der Waals surface area contributed by atoms with Crippen LogP contribution in [0.2, 0.25) is 5.02 Å². The molecule has 1 aromatic heterocycles. The minimum absolute atomic E-state index is 0.162. The number of carbonyl (C=O) groups excluding carboxylic acids is 1. The molecule has 3 rings (SSSR count). The Labute approximate surface area is 160 Å². The largest absolute Gasteiger partial charge is 0.479 e. The van der Waals surface area contributed by atoms with Crippen molar-refractivity contribution in [2.24, 2.45) is 0 Å². The van der Waals surface area contributed by atoms with E-state index in [2.05, 4.69) is 27.4 Å². The van der Waals surface area contributed by atoms with Crippen molar-refractivity contribution in [1.29, 1.82) is 0 Å². The molecule has 0 saturated heterocycles. The lowest BCUT2D eigenvalue weighted by molar-refractivity contribution is 0.0953. The van der Waals surface area contributed by atoms with Crippen molar-refractivity contribution in [3.05, 3.63) is 71.1 Å². The number of amides is 1. The number of para-hydroxylation sites is 1. The molecule has 136 valence electrons. The molecule has 2 N–H and O–H groups in total. The minimum Gasteiger partial charge on any atom is -0.479 e. The molecule has 27 heavy (non-hydrogen) atoms. The smallest absolute Gasteiger partial charge is 0.270 e. The van der Waals surface area contributed by atoms with Crippen molar-refractivity contribution in [2.45, 2.75) is 0 Å². The van der Waals surface area contributed by atoms with E-state index in [1.54, 1.807) is 30.3 Å². The molecule has 0 atom stereocenters. The van der Waals surface area contributed by atoms with Gasteiger partial charge in [0, 0.05) is 5.56 Å². The molecule has 5 nitrogen and oxygen atoms in total. The zero-order chi connectivity index (χ0) is 19.1. The van der Waals surface area contributed by atoms with Crippen LogP contribution in [0.15, 0.2) is 54.6 Å². The molecule has 0 bridgehead atoms. The highest BCUT2D eigenvalue weighted by Crippen LogP contribution is 2.22. The van der Waals surface area contributed by atoms with Gasteiger partial charge in [0.05, 0.1) is 17.3 Å². The molecule has 0 aliphatic heterocycles. The maximum atomic E-state index is 13.0. The van der Waals surface area contributed by atoms with Gasteiger partial charge in [-0.25, -0.2) is 4.39 Å². The molecule has 3 aromatic rings. The van der Waals surface area contributed by atoms with Gasteiger partial charge in [-0.3, -0.25) is 9.89 Å². The number of H-pyrrole nitrogens is 1. The molecule has 0 radical (unpaired) electrons. The SMILES string of the molecule is O=C(NCC#CCOc1ccccc1Cl)c1cc(-c2ccc(F)cc2)n[nH]1. The molecule has 1 amide bonds. The molecular weight excluding hydrogens is 369 g/mol. The van der Waals surface area contributed by atoms with E-state index in [0.717, 1.165) is 0 Å². The van der Waals surface area contributed by atoms with Gasteiger partial charge >= 0.3 is 0 Å². The van der Waals surface area contributed by atoms with Gasteiger partial charge in [0.25, 0.3) is 5.91 Å². The summed E-state index contributed by atoms with van der Waals surface area (Å²) in [5.41, 5.74) is 1.56. The van der Waals surface area contributed by atoms with Gasteiger partial charge in [-0.1, -0.05) is 35.6 Å². The van der Waals surface area contributed by atoms with Crippen LogP contribution >= 0.6 is 11.6 Å². The number of aromatic amines is 1. The third-order valence-electron chi connectivity index (χ3n) is 3.56. The van der Waals surface area contributed by atoms with Crippen molar-refractivity contribution in [2.75, 3.05) is 13.2 Å². The average Bonchev–Trinajstić information content (AvgIpc) is 3.16. The van der Waals surface area contributed by atoms with Crippen molar-refractivity contribution in [3.63, 3.8) is 0 Å². The fourth-order valence-corrected chi connectivity index (χ4v) is 2.41. The highest BCUT2D eigenvalue weighted by atomic mass is 35.5. The lowest BCUT2D eigenvalue weighted by Gasteiger charge is -2.03. The number of hydrogen-bond donors (Lipinski definition) is 2. The second-order valence-corrected chi connectivity index (χ2v) is 5.84. The molecule has 0 aliphatic rings. The number of benzene rings is 2.